The van der Waals surface area contributed by atoms with E-state index < -0.39 is 0 Å². The second kappa shape index (κ2) is 7.01. The summed E-state index contributed by atoms with van der Waals surface area (Å²) < 4.78 is 5.68. The van der Waals surface area contributed by atoms with E-state index in [1.165, 1.54) is 0 Å². The number of piperidine rings is 1. The van der Waals surface area contributed by atoms with Crippen LogP contribution in [0.15, 0.2) is 30.3 Å². The monoisotopic (exact) mass is 303 g/mol. The number of rotatable bonds is 6. The van der Waals surface area contributed by atoms with Crippen molar-refractivity contribution in [3.05, 3.63) is 30.3 Å². The predicted octanol–water partition coefficient (Wildman–Crippen LogP) is 1.99. The second-order valence-corrected chi connectivity index (χ2v) is 6.25. The Kier molecular flexibility index (Phi) is 4.83. The molecular formula is C17H25N3O2. The minimum Gasteiger partial charge on any atom is -0.494 e. The smallest absolute Gasteiger partial charge is 0.317 e. The number of hydrogen-bond donors (Lipinski definition) is 2. The molecule has 2 heterocycles. The fourth-order valence-corrected chi connectivity index (χ4v) is 3.26. The number of urea groups is 1. The Labute approximate surface area is 132 Å². The molecule has 1 aromatic carbocycles. The largest absolute Gasteiger partial charge is 0.494 e. The zero-order chi connectivity index (χ0) is 15.3. The third-order valence-electron chi connectivity index (χ3n) is 4.55. The van der Waals surface area contributed by atoms with Crippen LogP contribution in [0.3, 0.4) is 0 Å². The molecule has 0 atom stereocenters. The van der Waals surface area contributed by atoms with Crippen LogP contribution in [-0.2, 0) is 0 Å². The molecule has 2 fully saturated rings. The van der Waals surface area contributed by atoms with Crippen molar-refractivity contribution in [2.24, 2.45) is 0 Å². The highest BCUT2D eigenvalue weighted by Gasteiger charge is 2.42. The molecule has 0 saturated carbocycles. The summed E-state index contributed by atoms with van der Waals surface area (Å²) >= 11 is 0. The number of para-hydroxylation sites is 1. The summed E-state index contributed by atoms with van der Waals surface area (Å²) in [5.74, 6) is 0.912. The van der Waals surface area contributed by atoms with Crippen LogP contribution in [0.25, 0.3) is 0 Å². The number of hydrogen-bond acceptors (Lipinski definition) is 3. The predicted molar refractivity (Wildman–Crippen MR) is 86.1 cm³/mol. The first-order chi connectivity index (χ1) is 10.8. The maximum Gasteiger partial charge on any atom is 0.317 e. The van der Waals surface area contributed by atoms with Crippen LogP contribution in [0.2, 0.25) is 0 Å². The van der Waals surface area contributed by atoms with Crippen molar-refractivity contribution in [2.45, 2.75) is 31.2 Å². The zero-order valence-electron chi connectivity index (χ0n) is 13.0. The number of nitrogens with zero attached hydrogens (tertiary/aromatic N) is 1. The quantitative estimate of drug-likeness (QED) is 0.790. The van der Waals surface area contributed by atoms with Crippen LogP contribution in [0, 0.1) is 0 Å². The molecule has 0 aliphatic carbocycles. The molecule has 0 bridgehead atoms. The first-order valence-electron chi connectivity index (χ1n) is 8.23. The first-order valence-corrected chi connectivity index (χ1v) is 8.23. The van der Waals surface area contributed by atoms with E-state index in [0.29, 0.717) is 6.61 Å². The van der Waals surface area contributed by atoms with Gasteiger partial charge in [0.2, 0.25) is 0 Å². The Morgan fingerprint density at radius 2 is 1.91 bits per heavy atom. The lowest BCUT2D eigenvalue weighted by atomic mass is 9.89. The van der Waals surface area contributed by atoms with Crippen LogP contribution >= 0.6 is 0 Å². The highest BCUT2D eigenvalue weighted by Crippen LogP contribution is 2.25. The van der Waals surface area contributed by atoms with Gasteiger partial charge in [0.05, 0.1) is 12.1 Å². The van der Waals surface area contributed by atoms with E-state index in [4.69, 9.17) is 4.74 Å². The second-order valence-electron chi connectivity index (χ2n) is 6.25. The maximum atomic E-state index is 12.1. The number of nitrogens with one attached hydrogen (secondary N) is 2. The summed E-state index contributed by atoms with van der Waals surface area (Å²) in [5, 5.41) is 6.56. The van der Waals surface area contributed by atoms with Gasteiger partial charge in [0.1, 0.15) is 5.75 Å². The van der Waals surface area contributed by atoms with E-state index in [1.807, 2.05) is 35.2 Å². The molecule has 2 aliphatic rings. The Hall–Kier alpha value is -1.75. The average Bonchev–Trinajstić information content (AvgIpc) is 2.84. The molecule has 120 valence electrons. The van der Waals surface area contributed by atoms with Crippen molar-refractivity contribution in [2.75, 3.05) is 32.8 Å². The fraction of sp³-hybridized carbons (Fsp3) is 0.588. The lowest BCUT2D eigenvalue weighted by molar-refractivity contribution is 0.213. The number of ether oxygens (including phenoxy) is 1. The van der Waals surface area contributed by atoms with Gasteiger partial charge in [-0.2, -0.15) is 0 Å². The van der Waals surface area contributed by atoms with E-state index in [-0.39, 0.29) is 11.6 Å². The zero-order valence-corrected chi connectivity index (χ0v) is 13.0. The Morgan fingerprint density at radius 3 is 2.68 bits per heavy atom. The summed E-state index contributed by atoms with van der Waals surface area (Å²) in [6.07, 6.45) is 4.01. The van der Waals surface area contributed by atoms with Gasteiger partial charge < -0.3 is 20.3 Å². The first kappa shape index (κ1) is 15.2. The molecule has 2 saturated heterocycles. The average molecular weight is 303 g/mol. The number of unbranched alkanes of at least 4 members (excludes halogenated alkanes) is 1. The van der Waals surface area contributed by atoms with Crippen LogP contribution in [0.4, 0.5) is 4.79 Å². The standard InChI is InChI=1S/C17H25N3O2/c21-16-19-17(8-10-18-11-9-17)14-20(16)12-4-5-13-22-15-6-2-1-3-7-15/h1-3,6-7,18H,4-5,8-14H2,(H,19,21). The maximum absolute atomic E-state index is 12.1. The fourth-order valence-electron chi connectivity index (χ4n) is 3.26. The molecule has 0 aromatic heterocycles. The summed E-state index contributed by atoms with van der Waals surface area (Å²) in [4.78, 5) is 14.1. The van der Waals surface area contributed by atoms with Crippen molar-refractivity contribution in [3.63, 3.8) is 0 Å². The van der Waals surface area contributed by atoms with E-state index in [9.17, 15) is 4.79 Å². The van der Waals surface area contributed by atoms with Gasteiger partial charge in [0.15, 0.2) is 0 Å². The highest BCUT2D eigenvalue weighted by atomic mass is 16.5. The van der Waals surface area contributed by atoms with Gasteiger partial charge in [-0.3, -0.25) is 0 Å². The molecular weight excluding hydrogens is 278 g/mol. The van der Waals surface area contributed by atoms with E-state index in [2.05, 4.69) is 10.6 Å². The molecule has 5 nitrogen and oxygen atoms in total. The van der Waals surface area contributed by atoms with Crippen molar-refractivity contribution >= 4 is 6.03 Å². The van der Waals surface area contributed by atoms with Crippen LogP contribution in [0.5, 0.6) is 5.75 Å². The summed E-state index contributed by atoms with van der Waals surface area (Å²) in [5.41, 5.74) is 0.0167. The Bertz CT molecular complexity index is 486. The van der Waals surface area contributed by atoms with Crippen molar-refractivity contribution < 1.29 is 9.53 Å². The lowest BCUT2D eigenvalue weighted by Gasteiger charge is -2.33. The van der Waals surface area contributed by atoms with Crippen LogP contribution < -0.4 is 15.4 Å². The normalized spacial score (nSPS) is 20.2. The van der Waals surface area contributed by atoms with Gasteiger partial charge >= 0.3 is 6.03 Å². The molecule has 2 amide bonds. The molecule has 1 spiro atoms. The topological polar surface area (TPSA) is 53.6 Å². The number of carbonyl (C=O) groups excluding carboxylic acids is 1. The van der Waals surface area contributed by atoms with Gasteiger partial charge in [-0.25, -0.2) is 4.79 Å². The number of amides is 2. The molecule has 0 unspecified atom stereocenters. The van der Waals surface area contributed by atoms with Crippen LogP contribution in [0.1, 0.15) is 25.7 Å². The van der Waals surface area contributed by atoms with Gasteiger partial charge in [-0.05, 0) is 50.9 Å². The van der Waals surface area contributed by atoms with Crippen LogP contribution in [-0.4, -0.2) is 49.3 Å². The van der Waals surface area contributed by atoms with Crippen molar-refractivity contribution in [1.82, 2.24) is 15.5 Å². The summed E-state index contributed by atoms with van der Waals surface area (Å²) in [7, 11) is 0. The Balaban J connectivity index is 1.36. The molecule has 1 aromatic rings. The molecule has 2 aliphatic heterocycles. The van der Waals surface area contributed by atoms with Crippen molar-refractivity contribution in [3.8, 4) is 5.75 Å². The van der Waals surface area contributed by atoms with Gasteiger partial charge in [-0.15, -0.1) is 0 Å². The van der Waals surface area contributed by atoms with Gasteiger partial charge in [0.25, 0.3) is 0 Å². The van der Waals surface area contributed by atoms with Crippen molar-refractivity contribution in [1.29, 1.82) is 0 Å². The molecule has 5 heteroatoms. The molecule has 0 radical (unpaired) electrons. The van der Waals surface area contributed by atoms with Gasteiger partial charge in [0, 0.05) is 13.1 Å². The summed E-state index contributed by atoms with van der Waals surface area (Å²) in [6.45, 7) is 4.37. The minimum atomic E-state index is 0.0167. The Morgan fingerprint density at radius 1 is 1.14 bits per heavy atom. The van der Waals surface area contributed by atoms with E-state index >= 15 is 0 Å². The summed E-state index contributed by atoms with van der Waals surface area (Å²) in [6, 6.07) is 9.97. The lowest BCUT2D eigenvalue weighted by Crippen LogP contribution is -2.51. The molecule has 22 heavy (non-hydrogen) atoms. The van der Waals surface area contributed by atoms with E-state index in [1.54, 1.807) is 0 Å². The molecule has 3 rings (SSSR count). The number of benzene rings is 1. The molecule has 2 N–H and O–H groups in total. The minimum absolute atomic E-state index is 0.0167. The highest BCUT2D eigenvalue weighted by molar-refractivity contribution is 5.78. The third kappa shape index (κ3) is 3.71. The number of carbonyl (C=O) groups is 1. The van der Waals surface area contributed by atoms with E-state index in [0.717, 1.165) is 57.6 Å². The SMILES string of the molecule is O=C1NC2(CCNCC2)CN1CCCCOc1ccccc1. The third-order valence-corrected chi connectivity index (χ3v) is 4.55. The van der Waals surface area contributed by atoms with Gasteiger partial charge in [-0.1, -0.05) is 18.2 Å².